The standard InChI is InChI=1S/C22H36N4O3.HI/c1-3-24-21(26-17-22(10-5-6-11-22)12-13-28-4-2)25-15-18-8-7-9-19(14-18)29-16-20(23)27;/h7-9,14H,3-6,10-13,15-17H2,1-2H3,(H2,23,27)(H2,24,25,26);1H. The van der Waals surface area contributed by atoms with Gasteiger partial charge in [0.15, 0.2) is 12.6 Å². The number of guanidine groups is 1. The van der Waals surface area contributed by atoms with Crippen LogP contribution in [0.5, 0.6) is 5.75 Å². The van der Waals surface area contributed by atoms with Crippen molar-refractivity contribution in [1.82, 2.24) is 10.6 Å². The predicted molar refractivity (Wildman–Crippen MR) is 131 cm³/mol. The molecule has 0 spiro atoms. The van der Waals surface area contributed by atoms with E-state index in [0.717, 1.165) is 44.2 Å². The molecule has 0 bridgehead atoms. The summed E-state index contributed by atoms with van der Waals surface area (Å²) in [6.07, 6.45) is 6.16. The van der Waals surface area contributed by atoms with E-state index >= 15 is 0 Å². The first-order valence-electron chi connectivity index (χ1n) is 10.7. The molecule has 1 aliphatic carbocycles. The largest absolute Gasteiger partial charge is 0.484 e. The SMILES string of the molecule is CCNC(=NCc1cccc(OCC(N)=O)c1)NCC1(CCOCC)CCCC1.I. The maximum Gasteiger partial charge on any atom is 0.255 e. The Bertz CT molecular complexity index is 664. The van der Waals surface area contributed by atoms with Crippen molar-refractivity contribution in [2.24, 2.45) is 16.1 Å². The highest BCUT2D eigenvalue weighted by Gasteiger charge is 2.33. The number of carbonyl (C=O) groups is 1. The van der Waals surface area contributed by atoms with Gasteiger partial charge in [-0.05, 0) is 56.2 Å². The molecule has 0 radical (unpaired) electrons. The summed E-state index contributed by atoms with van der Waals surface area (Å²) in [5.41, 5.74) is 6.44. The average Bonchev–Trinajstić information content (AvgIpc) is 3.18. The van der Waals surface area contributed by atoms with Gasteiger partial charge in [0.05, 0.1) is 6.54 Å². The highest BCUT2D eigenvalue weighted by molar-refractivity contribution is 14.0. The number of benzene rings is 1. The molecule has 8 heteroatoms. The molecule has 2 rings (SSSR count). The maximum absolute atomic E-state index is 10.9. The van der Waals surface area contributed by atoms with Crippen LogP contribution in [0.3, 0.4) is 0 Å². The van der Waals surface area contributed by atoms with Gasteiger partial charge in [0.2, 0.25) is 0 Å². The van der Waals surface area contributed by atoms with Crippen LogP contribution in [0.4, 0.5) is 0 Å². The molecule has 1 saturated carbocycles. The molecule has 30 heavy (non-hydrogen) atoms. The Morgan fingerprint density at radius 1 is 1.23 bits per heavy atom. The van der Waals surface area contributed by atoms with Crippen LogP contribution in [0.25, 0.3) is 0 Å². The summed E-state index contributed by atoms with van der Waals surface area (Å²) in [5, 5.41) is 6.88. The number of nitrogens with zero attached hydrogens (tertiary/aromatic N) is 1. The van der Waals surface area contributed by atoms with Crippen molar-refractivity contribution in [3.8, 4) is 5.75 Å². The van der Waals surface area contributed by atoms with Gasteiger partial charge in [-0.1, -0.05) is 25.0 Å². The first-order chi connectivity index (χ1) is 14.1. The molecule has 0 atom stereocenters. The van der Waals surface area contributed by atoms with Crippen molar-refractivity contribution in [2.45, 2.75) is 52.5 Å². The molecule has 0 unspecified atom stereocenters. The Hall–Kier alpha value is -1.55. The summed E-state index contributed by atoms with van der Waals surface area (Å²) in [5.74, 6) is 0.950. The maximum atomic E-state index is 10.9. The zero-order valence-corrected chi connectivity index (χ0v) is 20.6. The van der Waals surface area contributed by atoms with E-state index in [9.17, 15) is 4.79 Å². The molecular weight excluding hydrogens is 495 g/mol. The molecule has 1 amide bonds. The molecule has 170 valence electrons. The topological polar surface area (TPSA) is 98.0 Å². The van der Waals surface area contributed by atoms with Gasteiger partial charge in [0, 0.05) is 26.3 Å². The molecule has 7 nitrogen and oxygen atoms in total. The van der Waals surface area contributed by atoms with E-state index in [1.165, 1.54) is 25.7 Å². The summed E-state index contributed by atoms with van der Waals surface area (Å²) in [6.45, 7) is 7.82. The van der Waals surface area contributed by atoms with Crippen molar-refractivity contribution in [1.29, 1.82) is 0 Å². The van der Waals surface area contributed by atoms with Crippen molar-refractivity contribution >= 4 is 35.8 Å². The summed E-state index contributed by atoms with van der Waals surface area (Å²) in [6, 6.07) is 7.58. The smallest absolute Gasteiger partial charge is 0.255 e. The van der Waals surface area contributed by atoms with E-state index in [4.69, 9.17) is 20.2 Å². The first-order valence-corrected chi connectivity index (χ1v) is 10.7. The molecule has 0 heterocycles. The second kappa shape index (κ2) is 14.5. The van der Waals surface area contributed by atoms with Gasteiger partial charge >= 0.3 is 0 Å². The first kappa shape index (κ1) is 26.5. The van der Waals surface area contributed by atoms with Crippen LogP contribution in [0.2, 0.25) is 0 Å². The van der Waals surface area contributed by atoms with Gasteiger partial charge in [-0.3, -0.25) is 4.79 Å². The van der Waals surface area contributed by atoms with Gasteiger partial charge in [-0.15, -0.1) is 24.0 Å². The third-order valence-corrected chi connectivity index (χ3v) is 5.32. The van der Waals surface area contributed by atoms with Crippen molar-refractivity contribution in [2.75, 3.05) is 32.9 Å². The van der Waals surface area contributed by atoms with E-state index in [2.05, 4.69) is 17.6 Å². The summed E-state index contributed by atoms with van der Waals surface area (Å²) in [4.78, 5) is 15.6. The molecule has 1 aliphatic rings. The third kappa shape index (κ3) is 9.51. The number of ether oxygens (including phenoxy) is 2. The Labute approximate surface area is 197 Å². The fraction of sp³-hybridized carbons (Fsp3) is 0.636. The quantitative estimate of drug-likeness (QED) is 0.166. The van der Waals surface area contributed by atoms with Crippen LogP contribution in [-0.2, 0) is 16.1 Å². The normalized spacial score (nSPS) is 15.3. The zero-order valence-electron chi connectivity index (χ0n) is 18.2. The fourth-order valence-electron chi connectivity index (χ4n) is 3.74. The summed E-state index contributed by atoms with van der Waals surface area (Å²) >= 11 is 0. The van der Waals surface area contributed by atoms with E-state index in [1.54, 1.807) is 0 Å². The minimum Gasteiger partial charge on any atom is -0.484 e. The number of aliphatic imine (C=N–C) groups is 1. The van der Waals surface area contributed by atoms with E-state index in [1.807, 2.05) is 31.2 Å². The van der Waals surface area contributed by atoms with E-state index < -0.39 is 5.91 Å². The van der Waals surface area contributed by atoms with Gasteiger partial charge in [-0.2, -0.15) is 0 Å². The summed E-state index contributed by atoms with van der Waals surface area (Å²) in [7, 11) is 0. The monoisotopic (exact) mass is 532 g/mol. The van der Waals surface area contributed by atoms with Crippen LogP contribution >= 0.6 is 24.0 Å². The van der Waals surface area contributed by atoms with Gasteiger partial charge in [0.25, 0.3) is 5.91 Å². The lowest BCUT2D eigenvalue weighted by Crippen LogP contribution is -2.43. The average molecular weight is 532 g/mol. The zero-order chi connectivity index (χ0) is 21.0. The number of nitrogens with two attached hydrogens (primary N) is 1. The van der Waals surface area contributed by atoms with Crippen molar-refractivity contribution < 1.29 is 14.3 Å². The number of hydrogen-bond donors (Lipinski definition) is 3. The molecule has 4 N–H and O–H groups in total. The van der Waals surface area contributed by atoms with Gasteiger partial charge in [0.1, 0.15) is 5.75 Å². The van der Waals surface area contributed by atoms with Crippen molar-refractivity contribution in [3.05, 3.63) is 29.8 Å². The number of nitrogens with one attached hydrogen (secondary N) is 2. The molecular formula is C22H37IN4O3. The van der Waals surface area contributed by atoms with E-state index in [0.29, 0.717) is 17.7 Å². The molecule has 0 aromatic heterocycles. The van der Waals surface area contributed by atoms with Crippen LogP contribution in [-0.4, -0.2) is 44.8 Å². The lowest BCUT2D eigenvalue weighted by molar-refractivity contribution is -0.119. The Morgan fingerprint density at radius 2 is 2.00 bits per heavy atom. The van der Waals surface area contributed by atoms with Crippen LogP contribution in [0, 0.1) is 5.41 Å². The highest BCUT2D eigenvalue weighted by Crippen LogP contribution is 2.40. The van der Waals surface area contributed by atoms with Crippen LogP contribution < -0.4 is 21.1 Å². The van der Waals surface area contributed by atoms with Crippen molar-refractivity contribution in [3.63, 3.8) is 0 Å². The van der Waals surface area contributed by atoms with Crippen LogP contribution in [0.15, 0.2) is 29.3 Å². The Kier molecular flexibility index (Phi) is 12.8. The predicted octanol–water partition coefficient (Wildman–Crippen LogP) is 3.21. The fourth-order valence-corrected chi connectivity index (χ4v) is 3.74. The number of hydrogen-bond acceptors (Lipinski definition) is 4. The molecule has 0 saturated heterocycles. The number of halogens is 1. The minimum atomic E-state index is -0.489. The van der Waals surface area contributed by atoms with Gasteiger partial charge in [-0.25, -0.2) is 4.99 Å². The third-order valence-electron chi connectivity index (χ3n) is 5.32. The lowest BCUT2D eigenvalue weighted by atomic mass is 9.83. The molecule has 1 aromatic rings. The number of amides is 1. The number of rotatable bonds is 12. The number of carbonyl (C=O) groups excluding carboxylic acids is 1. The highest BCUT2D eigenvalue weighted by atomic mass is 127. The molecule has 1 aromatic carbocycles. The van der Waals surface area contributed by atoms with E-state index in [-0.39, 0.29) is 30.6 Å². The Morgan fingerprint density at radius 3 is 2.67 bits per heavy atom. The summed E-state index contributed by atoms with van der Waals surface area (Å²) < 4.78 is 11.0. The lowest BCUT2D eigenvalue weighted by Gasteiger charge is -2.30. The van der Waals surface area contributed by atoms with Gasteiger partial charge < -0.3 is 25.8 Å². The second-order valence-electron chi connectivity index (χ2n) is 7.61. The van der Waals surface area contributed by atoms with Crippen LogP contribution in [0.1, 0.15) is 51.5 Å². The minimum absolute atomic E-state index is 0. The molecule has 1 fully saturated rings. The number of primary amides is 1. The second-order valence-corrected chi connectivity index (χ2v) is 7.61. The molecule has 0 aliphatic heterocycles. The Balaban J connectivity index is 0.00000450.